The molecule has 2 N–H and O–H groups in total. The summed E-state index contributed by atoms with van der Waals surface area (Å²) in [6.45, 7) is 9.31. The van der Waals surface area contributed by atoms with Crippen LogP contribution in [0.15, 0.2) is 84.9 Å². The SMILES string of the molecule is CC1(C)c2ccccc2Nc2c(-c3cccc4c3Nc3ccccc3C4(C)C)cccc21. The number of rotatable bonds is 1. The predicted molar refractivity (Wildman–Crippen MR) is 136 cm³/mol. The first-order valence-corrected chi connectivity index (χ1v) is 11.4. The molecule has 2 aliphatic rings. The summed E-state index contributed by atoms with van der Waals surface area (Å²) in [6.07, 6.45) is 0. The Bertz CT molecular complexity index is 1270. The maximum Gasteiger partial charge on any atom is 0.0506 e. The fraction of sp³-hybridized carbons (Fsp3) is 0.200. The van der Waals surface area contributed by atoms with Gasteiger partial charge in [-0.25, -0.2) is 0 Å². The lowest BCUT2D eigenvalue weighted by Gasteiger charge is -2.38. The molecule has 4 aromatic carbocycles. The minimum Gasteiger partial charge on any atom is -0.355 e. The van der Waals surface area contributed by atoms with Gasteiger partial charge >= 0.3 is 0 Å². The Kier molecular flexibility index (Phi) is 3.89. The van der Waals surface area contributed by atoms with E-state index in [1.165, 1.54) is 56.1 Å². The van der Waals surface area contributed by atoms with Crippen LogP contribution in [0.4, 0.5) is 22.7 Å². The summed E-state index contributed by atoms with van der Waals surface area (Å²) in [6, 6.07) is 30.8. The zero-order valence-electron chi connectivity index (χ0n) is 19.1. The number of para-hydroxylation sites is 4. The van der Waals surface area contributed by atoms with Crippen LogP contribution in [0.5, 0.6) is 0 Å². The van der Waals surface area contributed by atoms with E-state index < -0.39 is 0 Å². The molecule has 0 atom stereocenters. The van der Waals surface area contributed by atoms with Crippen LogP contribution in [0.2, 0.25) is 0 Å². The first kappa shape index (κ1) is 19.2. The van der Waals surface area contributed by atoms with E-state index in [1.807, 2.05) is 0 Å². The molecule has 0 aromatic heterocycles. The van der Waals surface area contributed by atoms with Gasteiger partial charge in [-0.05, 0) is 34.4 Å². The van der Waals surface area contributed by atoms with Gasteiger partial charge in [0.2, 0.25) is 0 Å². The van der Waals surface area contributed by atoms with Crippen molar-refractivity contribution < 1.29 is 0 Å². The Morgan fingerprint density at radius 1 is 0.438 bits per heavy atom. The molecule has 2 nitrogen and oxygen atoms in total. The van der Waals surface area contributed by atoms with E-state index in [4.69, 9.17) is 0 Å². The average Bonchev–Trinajstić information content (AvgIpc) is 2.79. The highest BCUT2D eigenvalue weighted by Gasteiger charge is 2.36. The van der Waals surface area contributed by atoms with E-state index in [0.717, 1.165) is 0 Å². The lowest BCUT2D eigenvalue weighted by Crippen LogP contribution is -2.27. The van der Waals surface area contributed by atoms with Gasteiger partial charge in [-0.1, -0.05) is 100 Å². The van der Waals surface area contributed by atoms with Gasteiger partial charge in [0, 0.05) is 33.3 Å². The molecule has 4 aromatic rings. The van der Waals surface area contributed by atoms with E-state index in [-0.39, 0.29) is 10.8 Å². The molecule has 2 heterocycles. The molecule has 0 bridgehead atoms. The highest BCUT2D eigenvalue weighted by atomic mass is 14.9. The molecule has 2 heteroatoms. The maximum atomic E-state index is 3.78. The van der Waals surface area contributed by atoms with Gasteiger partial charge in [0.1, 0.15) is 0 Å². The summed E-state index contributed by atoms with van der Waals surface area (Å²) in [4.78, 5) is 0. The summed E-state index contributed by atoms with van der Waals surface area (Å²) in [5.41, 5.74) is 12.5. The van der Waals surface area contributed by atoms with E-state index >= 15 is 0 Å². The zero-order chi connectivity index (χ0) is 22.1. The quantitative estimate of drug-likeness (QED) is 0.327. The van der Waals surface area contributed by atoms with E-state index in [2.05, 4.69) is 123 Å². The minimum absolute atomic E-state index is 0.0681. The van der Waals surface area contributed by atoms with Crippen molar-refractivity contribution in [2.45, 2.75) is 38.5 Å². The number of hydrogen-bond donors (Lipinski definition) is 2. The maximum absolute atomic E-state index is 3.78. The normalized spacial score (nSPS) is 16.5. The second-order valence-corrected chi connectivity index (χ2v) is 10.0. The van der Waals surface area contributed by atoms with Gasteiger partial charge in [-0.15, -0.1) is 0 Å². The number of anilines is 4. The van der Waals surface area contributed by atoms with E-state index in [1.54, 1.807) is 0 Å². The Balaban J connectivity index is 1.59. The average molecular weight is 417 g/mol. The third-order valence-corrected chi connectivity index (χ3v) is 7.49. The van der Waals surface area contributed by atoms with Crippen LogP contribution in [-0.4, -0.2) is 0 Å². The topological polar surface area (TPSA) is 24.1 Å². The van der Waals surface area contributed by atoms with Gasteiger partial charge in [0.15, 0.2) is 0 Å². The molecule has 0 fully saturated rings. The minimum atomic E-state index is -0.0681. The molecule has 0 radical (unpaired) electrons. The van der Waals surface area contributed by atoms with Crippen molar-refractivity contribution in [3.8, 4) is 11.1 Å². The highest BCUT2D eigenvalue weighted by Crippen LogP contribution is 2.52. The zero-order valence-corrected chi connectivity index (χ0v) is 19.1. The first-order valence-electron chi connectivity index (χ1n) is 11.4. The molecule has 0 aliphatic carbocycles. The molecule has 0 amide bonds. The Hall–Kier alpha value is -3.52. The second kappa shape index (κ2) is 6.49. The van der Waals surface area contributed by atoms with Crippen LogP contribution in [0.1, 0.15) is 49.9 Å². The van der Waals surface area contributed by atoms with Crippen molar-refractivity contribution in [1.82, 2.24) is 0 Å². The van der Waals surface area contributed by atoms with Gasteiger partial charge in [-0.2, -0.15) is 0 Å². The second-order valence-electron chi connectivity index (χ2n) is 10.0. The van der Waals surface area contributed by atoms with Crippen molar-refractivity contribution >= 4 is 22.7 Å². The fourth-order valence-electron chi connectivity index (χ4n) is 5.70. The van der Waals surface area contributed by atoms with Crippen molar-refractivity contribution in [1.29, 1.82) is 0 Å². The predicted octanol–water partition coefficient (Wildman–Crippen LogP) is 8.12. The van der Waals surface area contributed by atoms with Crippen LogP contribution in [0, 0.1) is 0 Å². The summed E-state index contributed by atoms with van der Waals surface area (Å²) >= 11 is 0. The molecule has 32 heavy (non-hydrogen) atoms. The van der Waals surface area contributed by atoms with Crippen molar-refractivity contribution in [2.24, 2.45) is 0 Å². The lowest BCUT2D eigenvalue weighted by atomic mass is 9.71. The smallest absolute Gasteiger partial charge is 0.0506 e. The van der Waals surface area contributed by atoms with Crippen molar-refractivity contribution in [3.63, 3.8) is 0 Å². The number of nitrogens with one attached hydrogen (secondary N) is 2. The van der Waals surface area contributed by atoms with Crippen LogP contribution in [-0.2, 0) is 10.8 Å². The van der Waals surface area contributed by atoms with Crippen LogP contribution in [0.3, 0.4) is 0 Å². The standard InChI is InChI=1S/C30H28N2/c1-29(2)21-13-5-7-17-25(21)31-27-19(11-9-15-23(27)29)20-12-10-16-24-28(20)32-26-18-8-6-14-22(26)30(24,3)4/h5-18,31-32H,1-4H3. The van der Waals surface area contributed by atoms with Crippen LogP contribution >= 0.6 is 0 Å². The Labute approximate surface area is 190 Å². The molecular formula is C30H28N2. The summed E-state index contributed by atoms with van der Waals surface area (Å²) in [5.74, 6) is 0. The largest absolute Gasteiger partial charge is 0.355 e. The van der Waals surface area contributed by atoms with Gasteiger partial charge in [0.05, 0.1) is 11.4 Å². The summed E-state index contributed by atoms with van der Waals surface area (Å²) < 4.78 is 0. The number of benzene rings is 4. The third kappa shape index (κ3) is 2.53. The van der Waals surface area contributed by atoms with Crippen LogP contribution < -0.4 is 10.6 Å². The third-order valence-electron chi connectivity index (χ3n) is 7.49. The molecule has 6 rings (SSSR count). The fourth-order valence-corrected chi connectivity index (χ4v) is 5.70. The Morgan fingerprint density at radius 2 is 0.812 bits per heavy atom. The molecule has 0 unspecified atom stereocenters. The monoisotopic (exact) mass is 416 g/mol. The lowest BCUT2D eigenvalue weighted by molar-refractivity contribution is 0.637. The summed E-state index contributed by atoms with van der Waals surface area (Å²) in [7, 11) is 0. The molecule has 158 valence electrons. The Morgan fingerprint density at radius 3 is 1.25 bits per heavy atom. The van der Waals surface area contributed by atoms with Gasteiger partial charge < -0.3 is 10.6 Å². The number of fused-ring (bicyclic) bond motifs is 4. The van der Waals surface area contributed by atoms with E-state index in [9.17, 15) is 0 Å². The molecule has 0 saturated heterocycles. The first-order chi connectivity index (χ1) is 15.4. The van der Waals surface area contributed by atoms with Gasteiger partial charge in [-0.3, -0.25) is 0 Å². The highest BCUT2D eigenvalue weighted by molar-refractivity contribution is 5.95. The van der Waals surface area contributed by atoms with Crippen molar-refractivity contribution in [2.75, 3.05) is 10.6 Å². The van der Waals surface area contributed by atoms with Crippen molar-refractivity contribution in [3.05, 3.63) is 107 Å². The molecular weight excluding hydrogens is 388 g/mol. The number of hydrogen-bond acceptors (Lipinski definition) is 2. The van der Waals surface area contributed by atoms with Gasteiger partial charge in [0.25, 0.3) is 0 Å². The van der Waals surface area contributed by atoms with Crippen LogP contribution in [0.25, 0.3) is 11.1 Å². The molecule has 2 aliphatic heterocycles. The van der Waals surface area contributed by atoms with E-state index in [0.29, 0.717) is 0 Å². The molecule has 0 spiro atoms. The summed E-state index contributed by atoms with van der Waals surface area (Å²) in [5, 5.41) is 7.56. The molecule has 0 saturated carbocycles.